The van der Waals surface area contributed by atoms with Gasteiger partial charge in [-0.25, -0.2) is 8.42 Å². The van der Waals surface area contributed by atoms with Crippen molar-refractivity contribution in [3.8, 4) is 0 Å². The molecule has 0 saturated carbocycles. The van der Waals surface area contributed by atoms with E-state index < -0.39 is 15.3 Å². The van der Waals surface area contributed by atoms with E-state index in [0.717, 1.165) is 0 Å². The Bertz CT molecular complexity index is 1120. The van der Waals surface area contributed by atoms with Crippen molar-refractivity contribution >= 4 is 67.3 Å². The zero-order chi connectivity index (χ0) is 21.7. The molecule has 0 aliphatic heterocycles. The molecule has 1 atom stereocenters. The maximum absolute atomic E-state index is 12.5. The predicted octanol–water partition coefficient (Wildman–Crippen LogP) is 2.87. The largest absolute Gasteiger partial charge is 0.374 e. The average molecular weight is 486 g/mol. The van der Waals surface area contributed by atoms with Crippen LogP contribution in [0.15, 0.2) is 45.6 Å². The van der Waals surface area contributed by atoms with Crippen molar-refractivity contribution in [1.29, 1.82) is 0 Å². The first-order valence-corrected chi connectivity index (χ1v) is 12.0. The van der Waals surface area contributed by atoms with Gasteiger partial charge in [-0.15, -0.1) is 20.4 Å². The van der Waals surface area contributed by atoms with Crippen molar-refractivity contribution in [1.82, 2.24) is 20.4 Å². The van der Waals surface area contributed by atoms with Crippen LogP contribution in [-0.2, 0) is 14.8 Å². The zero-order valence-electron chi connectivity index (χ0n) is 15.4. The molecule has 0 radical (unpaired) electrons. The van der Waals surface area contributed by atoms with E-state index in [1.54, 1.807) is 0 Å². The summed E-state index contributed by atoms with van der Waals surface area (Å²) in [6.45, 7) is 1.88. The molecule has 1 amide bonds. The molecule has 30 heavy (non-hydrogen) atoms. The molecule has 2 heterocycles. The van der Waals surface area contributed by atoms with E-state index in [1.165, 1.54) is 59.5 Å². The highest BCUT2D eigenvalue weighted by Gasteiger charge is 2.21. The molecule has 14 heteroatoms. The monoisotopic (exact) mass is 485 g/mol. The molecule has 4 N–H and O–H groups in total. The van der Waals surface area contributed by atoms with E-state index in [1.807, 2.05) is 6.92 Å². The number of nitrogen functional groups attached to an aromatic ring is 1. The minimum atomic E-state index is -3.87. The number of sulfonamides is 1. The van der Waals surface area contributed by atoms with Crippen LogP contribution < -0.4 is 15.8 Å². The van der Waals surface area contributed by atoms with Crippen LogP contribution in [0, 0.1) is 0 Å². The molecular weight excluding hydrogens is 470 g/mol. The van der Waals surface area contributed by atoms with Crippen LogP contribution in [0.5, 0.6) is 0 Å². The van der Waals surface area contributed by atoms with Gasteiger partial charge in [0.15, 0.2) is 15.3 Å². The van der Waals surface area contributed by atoms with Gasteiger partial charge in [0, 0.05) is 5.69 Å². The van der Waals surface area contributed by atoms with Crippen molar-refractivity contribution in [2.24, 2.45) is 0 Å². The molecule has 158 valence electrons. The Morgan fingerprint density at radius 1 is 1.17 bits per heavy atom. The molecule has 0 aliphatic carbocycles. The molecular formula is C16H16ClN7O3S3. The highest BCUT2D eigenvalue weighted by atomic mass is 35.5. The summed E-state index contributed by atoms with van der Waals surface area (Å²) < 4.78 is 27.8. The average Bonchev–Trinajstić information content (AvgIpc) is 3.13. The number of hydrogen-bond acceptors (Lipinski definition) is 10. The molecule has 1 unspecified atom stereocenters. The van der Waals surface area contributed by atoms with Gasteiger partial charge in [0.25, 0.3) is 10.0 Å². The Labute approximate surface area is 185 Å². The summed E-state index contributed by atoms with van der Waals surface area (Å²) >= 11 is 8.12. The van der Waals surface area contributed by atoms with Crippen LogP contribution in [0.4, 0.5) is 16.6 Å². The maximum atomic E-state index is 12.5. The third kappa shape index (κ3) is 5.78. The Morgan fingerprint density at radius 3 is 2.47 bits per heavy atom. The molecule has 1 aromatic carbocycles. The van der Waals surface area contributed by atoms with Crippen LogP contribution in [0.3, 0.4) is 0 Å². The molecule has 0 aliphatic rings. The highest BCUT2D eigenvalue weighted by molar-refractivity contribution is 8.02. The maximum Gasteiger partial charge on any atom is 0.263 e. The van der Waals surface area contributed by atoms with Gasteiger partial charge in [0.2, 0.25) is 11.0 Å². The quantitative estimate of drug-likeness (QED) is 0.408. The number of thioether (sulfide) groups is 1. The molecule has 3 rings (SSSR count). The zero-order valence-corrected chi connectivity index (χ0v) is 18.6. The summed E-state index contributed by atoms with van der Waals surface area (Å²) in [5.41, 5.74) is 6.02. The number of nitrogens with one attached hydrogen (secondary N) is 2. The predicted molar refractivity (Wildman–Crippen MR) is 117 cm³/mol. The fraction of sp³-hybridized carbons (Fsp3) is 0.188. The number of halogens is 1. The lowest BCUT2D eigenvalue weighted by atomic mass is 10.3. The number of carbonyl (C=O) groups excluding carboxylic acids is 1. The second-order valence-electron chi connectivity index (χ2n) is 5.78. The van der Waals surface area contributed by atoms with Gasteiger partial charge < -0.3 is 11.1 Å². The van der Waals surface area contributed by atoms with Crippen molar-refractivity contribution in [2.45, 2.75) is 27.8 Å². The Hall–Kier alpha value is -2.48. The lowest BCUT2D eigenvalue weighted by Crippen LogP contribution is -2.24. The Morgan fingerprint density at radius 2 is 1.90 bits per heavy atom. The lowest BCUT2D eigenvalue weighted by Gasteiger charge is -2.13. The minimum Gasteiger partial charge on any atom is -0.374 e. The first kappa shape index (κ1) is 22.2. The summed E-state index contributed by atoms with van der Waals surface area (Å²) in [5, 5.41) is 17.7. The van der Waals surface area contributed by atoms with E-state index in [2.05, 4.69) is 30.4 Å². The molecule has 0 fully saturated rings. The van der Waals surface area contributed by atoms with E-state index in [4.69, 9.17) is 17.3 Å². The molecule has 0 saturated heterocycles. The van der Waals surface area contributed by atoms with Gasteiger partial charge in [-0.2, -0.15) is 0 Å². The summed E-state index contributed by atoms with van der Waals surface area (Å²) in [4.78, 5) is 12.5. The van der Waals surface area contributed by atoms with E-state index in [9.17, 15) is 13.2 Å². The van der Waals surface area contributed by atoms with Gasteiger partial charge in [-0.05, 0) is 42.8 Å². The van der Waals surface area contributed by atoms with Crippen LogP contribution in [0.1, 0.15) is 13.3 Å². The Kier molecular flexibility index (Phi) is 7.07. The standard InChI is InChI=1S/C16H16ClN7O3S3/c1-2-11(28-16-23-22-15(18)29-16)14(25)19-9-3-5-10(6-4-9)30(26,27)24-13-8-7-12(17)20-21-13/h3-8,11H,2H2,1H3,(H2,18,22)(H,19,25)(H,21,24). The summed E-state index contributed by atoms with van der Waals surface area (Å²) in [6.07, 6.45) is 0.564. The second-order valence-corrected chi connectivity index (χ2v) is 10.3. The van der Waals surface area contributed by atoms with Crippen molar-refractivity contribution < 1.29 is 13.2 Å². The smallest absolute Gasteiger partial charge is 0.263 e. The van der Waals surface area contributed by atoms with Crippen molar-refractivity contribution in [2.75, 3.05) is 15.8 Å². The Balaban J connectivity index is 1.65. The van der Waals surface area contributed by atoms with Gasteiger partial charge >= 0.3 is 0 Å². The van der Waals surface area contributed by atoms with Crippen LogP contribution in [-0.4, -0.2) is 40.0 Å². The number of benzene rings is 1. The van der Waals surface area contributed by atoms with Gasteiger partial charge in [-0.1, -0.05) is 41.6 Å². The summed E-state index contributed by atoms with van der Waals surface area (Å²) in [5.74, 6) is -0.196. The van der Waals surface area contributed by atoms with Gasteiger partial charge in [-0.3, -0.25) is 9.52 Å². The molecule has 2 aromatic heterocycles. The van der Waals surface area contributed by atoms with Crippen LogP contribution in [0.2, 0.25) is 5.15 Å². The minimum absolute atomic E-state index is 0.00278. The number of anilines is 3. The van der Waals surface area contributed by atoms with E-state index >= 15 is 0 Å². The topological polar surface area (TPSA) is 153 Å². The number of aromatic nitrogens is 4. The first-order valence-electron chi connectivity index (χ1n) is 8.45. The number of amides is 1. The lowest BCUT2D eigenvalue weighted by molar-refractivity contribution is -0.115. The van der Waals surface area contributed by atoms with Crippen LogP contribution >= 0.6 is 34.7 Å². The molecule has 0 bridgehead atoms. The number of nitrogens with two attached hydrogens (primary N) is 1. The highest BCUT2D eigenvalue weighted by Crippen LogP contribution is 2.30. The van der Waals surface area contributed by atoms with E-state index in [-0.39, 0.29) is 21.8 Å². The molecule has 3 aromatic rings. The fourth-order valence-corrected chi connectivity index (χ4v) is 5.12. The van der Waals surface area contributed by atoms with Crippen LogP contribution in [0.25, 0.3) is 0 Å². The van der Waals surface area contributed by atoms with Gasteiger partial charge in [0.05, 0.1) is 10.1 Å². The normalized spacial score (nSPS) is 12.3. The summed E-state index contributed by atoms with van der Waals surface area (Å²) in [7, 11) is -3.87. The van der Waals surface area contributed by atoms with Crippen molar-refractivity contribution in [3.63, 3.8) is 0 Å². The first-order chi connectivity index (χ1) is 14.3. The second kappa shape index (κ2) is 9.55. The summed E-state index contributed by atoms with van der Waals surface area (Å²) in [6, 6.07) is 8.57. The SMILES string of the molecule is CCC(Sc1nnc(N)s1)C(=O)Nc1ccc(S(=O)(=O)Nc2ccc(Cl)nn2)cc1. The van der Waals surface area contributed by atoms with E-state index in [0.29, 0.717) is 21.6 Å². The molecule has 0 spiro atoms. The van der Waals surface area contributed by atoms with Crippen molar-refractivity contribution in [3.05, 3.63) is 41.6 Å². The number of hydrogen-bond donors (Lipinski definition) is 3. The third-order valence-electron chi connectivity index (χ3n) is 3.63. The molecule has 10 nitrogen and oxygen atoms in total. The number of carbonyl (C=O) groups is 1. The third-order valence-corrected chi connectivity index (χ3v) is 7.40. The number of rotatable bonds is 8. The van der Waals surface area contributed by atoms with Gasteiger partial charge in [0.1, 0.15) is 0 Å². The fourth-order valence-electron chi connectivity index (χ4n) is 2.22. The number of nitrogens with zero attached hydrogens (tertiary/aromatic N) is 4.